The van der Waals surface area contributed by atoms with Crippen molar-refractivity contribution in [3.05, 3.63) is 74.8 Å². The second-order valence-corrected chi connectivity index (χ2v) is 5.80. The Morgan fingerprint density at radius 1 is 1.25 bits per heavy atom. The Morgan fingerprint density at radius 2 is 1.92 bits per heavy atom. The van der Waals surface area contributed by atoms with E-state index < -0.39 is 10.8 Å². The van der Waals surface area contributed by atoms with E-state index in [9.17, 15) is 14.9 Å². The fourth-order valence-corrected chi connectivity index (χ4v) is 2.48. The lowest BCUT2D eigenvalue weighted by Gasteiger charge is -2.16. The van der Waals surface area contributed by atoms with Crippen LogP contribution < -0.4 is 10.6 Å². The van der Waals surface area contributed by atoms with Crippen molar-refractivity contribution in [2.45, 2.75) is 13.0 Å². The van der Waals surface area contributed by atoms with Crippen LogP contribution in [0.5, 0.6) is 0 Å². The Morgan fingerprint density at radius 3 is 2.54 bits per heavy atom. The molecule has 0 aliphatic heterocycles. The molecule has 8 heteroatoms. The van der Waals surface area contributed by atoms with E-state index in [1.807, 2.05) is 37.3 Å². The molecular weight excluding hydrogens is 350 g/mol. The number of nitro groups is 1. The largest absolute Gasteiger partial charge is 0.356 e. The summed E-state index contributed by atoms with van der Waals surface area (Å²) in [5.41, 5.74) is 0.777. The summed E-state index contributed by atoms with van der Waals surface area (Å²) in [4.78, 5) is 22.4. The van der Waals surface area contributed by atoms with Gasteiger partial charge in [0, 0.05) is 11.6 Å². The van der Waals surface area contributed by atoms with Gasteiger partial charge in [0.05, 0.1) is 11.0 Å². The fraction of sp³-hybridized carbons (Fsp3) is 0.125. The summed E-state index contributed by atoms with van der Waals surface area (Å²) in [6.07, 6.45) is 0. The van der Waals surface area contributed by atoms with Crippen LogP contribution >= 0.6 is 23.8 Å². The summed E-state index contributed by atoms with van der Waals surface area (Å²) >= 11 is 10.8. The minimum Gasteiger partial charge on any atom is -0.356 e. The summed E-state index contributed by atoms with van der Waals surface area (Å²) in [5.74, 6) is -0.549. The number of nitrogens with zero attached hydrogens (tertiary/aromatic N) is 1. The van der Waals surface area contributed by atoms with Crippen molar-refractivity contribution in [2.75, 3.05) is 0 Å². The molecule has 6 nitrogen and oxygen atoms in total. The number of carbonyl (C=O) groups excluding carboxylic acids is 1. The lowest BCUT2D eigenvalue weighted by atomic mass is 10.1. The molecule has 2 aromatic rings. The van der Waals surface area contributed by atoms with Gasteiger partial charge in [-0.2, -0.15) is 0 Å². The lowest BCUT2D eigenvalue weighted by Crippen LogP contribution is -2.40. The average Bonchev–Trinajstić information content (AvgIpc) is 2.55. The zero-order valence-corrected chi connectivity index (χ0v) is 14.2. The van der Waals surface area contributed by atoms with Crippen LogP contribution in [-0.4, -0.2) is 15.9 Å². The van der Waals surface area contributed by atoms with E-state index in [1.54, 1.807) is 0 Å². The molecule has 0 aliphatic rings. The molecule has 1 atom stereocenters. The van der Waals surface area contributed by atoms with Crippen molar-refractivity contribution < 1.29 is 9.72 Å². The molecule has 0 fully saturated rings. The minimum absolute atomic E-state index is 0.0325. The van der Waals surface area contributed by atoms with Gasteiger partial charge in [0.2, 0.25) is 0 Å². The van der Waals surface area contributed by atoms with E-state index in [-0.39, 0.29) is 27.4 Å². The van der Waals surface area contributed by atoms with E-state index in [4.69, 9.17) is 23.8 Å². The third-order valence-electron chi connectivity index (χ3n) is 3.28. The molecule has 0 radical (unpaired) electrons. The zero-order valence-electron chi connectivity index (χ0n) is 12.7. The number of hydrogen-bond acceptors (Lipinski definition) is 4. The number of nitro benzene ring substituents is 1. The molecule has 0 aromatic heterocycles. The van der Waals surface area contributed by atoms with E-state index in [0.717, 1.165) is 11.6 Å². The molecular formula is C16H14ClN3O3S. The Balaban J connectivity index is 2.03. The highest BCUT2D eigenvalue weighted by Crippen LogP contribution is 2.25. The quantitative estimate of drug-likeness (QED) is 0.492. The molecule has 24 heavy (non-hydrogen) atoms. The minimum atomic E-state index is -0.646. The van der Waals surface area contributed by atoms with E-state index in [1.165, 1.54) is 12.1 Å². The Hall–Kier alpha value is -2.51. The second-order valence-electron chi connectivity index (χ2n) is 4.98. The summed E-state index contributed by atoms with van der Waals surface area (Å²) in [6, 6.07) is 13.3. The standard InChI is InChI=1S/C16H14ClN3O3S/c1-10(11-5-3-2-4-6-11)18-16(24)19-15(21)12-7-8-13(17)14(9-12)20(22)23/h2-10H,1H3,(H2,18,19,21,24). The summed E-state index contributed by atoms with van der Waals surface area (Å²) in [6.45, 7) is 1.90. The van der Waals surface area contributed by atoms with E-state index in [0.29, 0.717) is 0 Å². The first-order valence-electron chi connectivity index (χ1n) is 6.99. The Kier molecular flexibility index (Phi) is 5.83. The molecule has 0 aliphatic carbocycles. The maximum absolute atomic E-state index is 12.2. The molecule has 1 amide bonds. The number of amides is 1. The summed E-state index contributed by atoms with van der Waals surface area (Å²) in [7, 11) is 0. The molecule has 124 valence electrons. The normalized spacial score (nSPS) is 11.4. The first-order valence-corrected chi connectivity index (χ1v) is 7.78. The SMILES string of the molecule is CC(NC(=S)NC(=O)c1ccc(Cl)c([N+](=O)[O-])c1)c1ccccc1. The third-order valence-corrected chi connectivity index (χ3v) is 3.82. The number of hydrogen-bond donors (Lipinski definition) is 2. The summed E-state index contributed by atoms with van der Waals surface area (Å²) in [5, 5.41) is 16.5. The lowest BCUT2D eigenvalue weighted by molar-refractivity contribution is -0.384. The second kappa shape index (κ2) is 7.85. The average molecular weight is 364 g/mol. The predicted octanol–water partition coefficient (Wildman–Crippen LogP) is 3.61. The molecule has 0 bridgehead atoms. The number of rotatable bonds is 4. The zero-order chi connectivity index (χ0) is 17.7. The van der Waals surface area contributed by atoms with Crippen molar-refractivity contribution in [2.24, 2.45) is 0 Å². The van der Waals surface area contributed by atoms with Crippen LogP contribution in [0.15, 0.2) is 48.5 Å². The highest BCUT2D eigenvalue weighted by Gasteiger charge is 2.17. The van der Waals surface area contributed by atoms with Crippen molar-refractivity contribution in [1.82, 2.24) is 10.6 Å². The van der Waals surface area contributed by atoms with E-state index in [2.05, 4.69) is 10.6 Å². The van der Waals surface area contributed by atoms with Crippen LogP contribution in [-0.2, 0) is 0 Å². The van der Waals surface area contributed by atoms with Gasteiger partial charge in [-0.3, -0.25) is 20.2 Å². The number of carbonyl (C=O) groups is 1. The van der Waals surface area contributed by atoms with Crippen molar-refractivity contribution in [1.29, 1.82) is 0 Å². The molecule has 0 heterocycles. The monoisotopic (exact) mass is 363 g/mol. The van der Waals surface area contributed by atoms with Crippen LogP contribution in [0, 0.1) is 10.1 Å². The maximum atomic E-state index is 12.2. The van der Waals surface area contributed by atoms with E-state index >= 15 is 0 Å². The molecule has 1 unspecified atom stereocenters. The smallest absolute Gasteiger partial charge is 0.288 e. The fourth-order valence-electron chi connectivity index (χ4n) is 2.03. The van der Waals surface area contributed by atoms with Gasteiger partial charge in [-0.15, -0.1) is 0 Å². The summed E-state index contributed by atoms with van der Waals surface area (Å²) < 4.78 is 0. The van der Waals surface area contributed by atoms with Crippen LogP contribution in [0.3, 0.4) is 0 Å². The van der Waals surface area contributed by atoms with Crippen molar-refractivity contribution in [3.8, 4) is 0 Å². The molecule has 2 rings (SSSR count). The van der Waals surface area contributed by atoms with Gasteiger partial charge in [-0.25, -0.2) is 0 Å². The number of benzene rings is 2. The molecule has 2 N–H and O–H groups in total. The molecule has 0 saturated carbocycles. The van der Waals surface area contributed by atoms with Gasteiger partial charge in [0.15, 0.2) is 5.11 Å². The van der Waals surface area contributed by atoms with Crippen LogP contribution in [0.1, 0.15) is 28.9 Å². The Labute approximate surface area is 149 Å². The van der Waals surface area contributed by atoms with Gasteiger partial charge < -0.3 is 5.32 Å². The van der Waals surface area contributed by atoms with Crippen molar-refractivity contribution >= 4 is 40.5 Å². The van der Waals surface area contributed by atoms with Crippen LogP contribution in [0.2, 0.25) is 5.02 Å². The molecule has 0 saturated heterocycles. The Bertz CT molecular complexity index is 783. The maximum Gasteiger partial charge on any atom is 0.288 e. The highest BCUT2D eigenvalue weighted by atomic mass is 35.5. The topological polar surface area (TPSA) is 84.3 Å². The van der Waals surface area contributed by atoms with Gasteiger partial charge >= 0.3 is 0 Å². The predicted molar refractivity (Wildman–Crippen MR) is 96.2 cm³/mol. The molecule has 2 aromatic carbocycles. The first kappa shape index (κ1) is 17.8. The number of halogens is 1. The van der Waals surface area contributed by atoms with Gasteiger partial charge in [0.25, 0.3) is 11.6 Å². The molecule has 0 spiro atoms. The van der Waals surface area contributed by atoms with Gasteiger partial charge in [-0.1, -0.05) is 41.9 Å². The third kappa shape index (κ3) is 4.50. The van der Waals surface area contributed by atoms with Gasteiger partial charge in [-0.05, 0) is 36.8 Å². The van der Waals surface area contributed by atoms with Gasteiger partial charge in [0.1, 0.15) is 5.02 Å². The highest BCUT2D eigenvalue weighted by molar-refractivity contribution is 7.80. The van der Waals surface area contributed by atoms with Crippen LogP contribution in [0.4, 0.5) is 5.69 Å². The van der Waals surface area contributed by atoms with Crippen molar-refractivity contribution in [3.63, 3.8) is 0 Å². The number of nitrogens with one attached hydrogen (secondary N) is 2. The first-order chi connectivity index (χ1) is 11.4. The van der Waals surface area contributed by atoms with Crippen LogP contribution in [0.25, 0.3) is 0 Å². The number of thiocarbonyl (C=S) groups is 1.